The van der Waals surface area contributed by atoms with E-state index < -0.39 is 5.97 Å². The molecule has 5 nitrogen and oxygen atoms in total. The number of thiophene rings is 1. The number of rotatable bonds is 3. The topological polar surface area (TPSA) is 66.3 Å². The first-order valence-corrected chi connectivity index (χ1v) is 8.21. The van der Waals surface area contributed by atoms with E-state index in [1.54, 1.807) is 11.3 Å². The molecule has 0 bridgehead atoms. The molecule has 3 heterocycles. The quantitative estimate of drug-likeness (QED) is 0.878. The van der Waals surface area contributed by atoms with Gasteiger partial charge < -0.3 is 10.0 Å². The molecule has 1 unspecified atom stereocenters. The minimum Gasteiger partial charge on any atom is -0.481 e. The Kier molecular flexibility index (Phi) is 3.99. The van der Waals surface area contributed by atoms with Gasteiger partial charge in [0, 0.05) is 18.0 Å². The van der Waals surface area contributed by atoms with Crippen molar-refractivity contribution in [2.75, 3.05) is 18.0 Å². The molecule has 0 saturated carbocycles. The minimum atomic E-state index is -0.740. The van der Waals surface area contributed by atoms with E-state index in [0.29, 0.717) is 6.54 Å². The molecule has 1 aliphatic heterocycles. The lowest BCUT2D eigenvalue weighted by molar-refractivity contribution is -0.141. The maximum Gasteiger partial charge on any atom is 0.308 e. The van der Waals surface area contributed by atoms with E-state index in [1.165, 1.54) is 4.88 Å². The highest BCUT2D eigenvalue weighted by molar-refractivity contribution is 7.18. The highest BCUT2D eigenvalue weighted by Crippen LogP contribution is 2.34. The van der Waals surface area contributed by atoms with E-state index in [4.69, 9.17) is 11.6 Å². The van der Waals surface area contributed by atoms with Crippen LogP contribution in [0.15, 0.2) is 6.07 Å². The van der Waals surface area contributed by atoms with Crippen LogP contribution in [0.4, 0.5) is 5.82 Å². The molecule has 3 rings (SSSR count). The van der Waals surface area contributed by atoms with Gasteiger partial charge in [0.1, 0.15) is 10.6 Å². The summed E-state index contributed by atoms with van der Waals surface area (Å²) in [7, 11) is 0. The van der Waals surface area contributed by atoms with Gasteiger partial charge in [-0.2, -0.15) is 4.98 Å². The van der Waals surface area contributed by atoms with E-state index in [-0.39, 0.29) is 11.2 Å². The zero-order valence-corrected chi connectivity index (χ0v) is 13.2. The fourth-order valence-corrected chi connectivity index (χ4v) is 3.89. The number of halogens is 1. The third kappa shape index (κ3) is 2.82. The normalized spacial score (nSPS) is 19.1. The number of fused-ring (bicyclic) bond motifs is 1. The van der Waals surface area contributed by atoms with Gasteiger partial charge in [-0.05, 0) is 36.9 Å². The molecule has 0 amide bonds. The molecule has 0 spiro atoms. The molecule has 112 valence electrons. The van der Waals surface area contributed by atoms with Crippen molar-refractivity contribution in [2.45, 2.75) is 26.2 Å². The average Bonchev–Trinajstić information content (AvgIpc) is 2.89. The molecule has 1 aliphatic rings. The lowest BCUT2D eigenvalue weighted by Gasteiger charge is -2.31. The van der Waals surface area contributed by atoms with Crippen molar-refractivity contribution < 1.29 is 9.90 Å². The number of carbonyl (C=O) groups is 1. The van der Waals surface area contributed by atoms with E-state index in [2.05, 4.69) is 23.0 Å². The maximum absolute atomic E-state index is 11.2. The summed E-state index contributed by atoms with van der Waals surface area (Å²) in [6, 6.07) is 2.09. The van der Waals surface area contributed by atoms with Crippen molar-refractivity contribution in [2.24, 2.45) is 5.92 Å². The van der Waals surface area contributed by atoms with Gasteiger partial charge in [0.25, 0.3) is 0 Å². The van der Waals surface area contributed by atoms with Crippen LogP contribution in [0, 0.1) is 5.92 Å². The van der Waals surface area contributed by atoms with Crippen LogP contribution in [0.5, 0.6) is 0 Å². The Hall–Kier alpha value is -1.40. The number of hydrogen-bond donors (Lipinski definition) is 1. The van der Waals surface area contributed by atoms with Gasteiger partial charge in [-0.1, -0.05) is 6.92 Å². The zero-order valence-electron chi connectivity index (χ0n) is 11.7. The molecule has 1 saturated heterocycles. The molecule has 0 aromatic carbocycles. The standard InChI is InChI=1S/C14H16ClN3O2S/c1-2-9-6-10-11(16-14(15)17-12(10)21-9)18-5-3-4-8(7-18)13(19)20/h6,8H,2-5,7H2,1H3,(H,19,20). The van der Waals surface area contributed by atoms with Crippen molar-refractivity contribution in [1.82, 2.24) is 9.97 Å². The van der Waals surface area contributed by atoms with Crippen LogP contribution in [0.25, 0.3) is 10.2 Å². The average molecular weight is 326 g/mol. The lowest BCUT2D eigenvalue weighted by Crippen LogP contribution is -2.39. The van der Waals surface area contributed by atoms with Crippen molar-refractivity contribution in [3.63, 3.8) is 0 Å². The lowest BCUT2D eigenvalue weighted by atomic mass is 9.98. The summed E-state index contributed by atoms with van der Waals surface area (Å²) in [4.78, 5) is 24.0. The van der Waals surface area contributed by atoms with Gasteiger partial charge in [-0.15, -0.1) is 11.3 Å². The Morgan fingerprint density at radius 1 is 1.57 bits per heavy atom. The van der Waals surface area contributed by atoms with E-state index in [1.807, 2.05) is 4.90 Å². The van der Waals surface area contributed by atoms with Crippen LogP contribution in [-0.4, -0.2) is 34.1 Å². The van der Waals surface area contributed by atoms with E-state index in [0.717, 1.165) is 41.8 Å². The predicted octanol–water partition coefficient (Wildman–Crippen LogP) is 3.21. The van der Waals surface area contributed by atoms with Gasteiger partial charge in [-0.25, -0.2) is 4.98 Å². The zero-order chi connectivity index (χ0) is 15.0. The number of aliphatic carboxylic acids is 1. The van der Waals surface area contributed by atoms with Crippen LogP contribution in [0.3, 0.4) is 0 Å². The minimum absolute atomic E-state index is 0.222. The number of anilines is 1. The molecule has 0 radical (unpaired) electrons. The van der Waals surface area contributed by atoms with Crippen molar-refractivity contribution >= 4 is 44.9 Å². The fourth-order valence-electron chi connectivity index (χ4n) is 2.72. The largest absolute Gasteiger partial charge is 0.481 e. The molecule has 21 heavy (non-hydrogen) atoms. The number of carboxylic acid groups (broad SMARTS) is 1. The number of carboxylic acids is 1. The molecule has 2 aromatic rings. The summed E-state index contributed by atoms with van der Waals surface area (Å²) < 4.78 is 0. The van der Waals surface area contributed by atoms with Gasteiger partial charge in [0.15, 0.2) is 0 Å². The van der Waals surface area contributed by atoms with Crippen LogP contribution >= 0.6 is 22.9 Å². The van der Waals surface area contributed by atoms with Crippen molar-refractivity contribution in [3.05, 3.63) is 16.2 Å². The van der Waals surface area contributed by atoms with Gasteiger partial charge in [0.2, 0.25) is 5.28 Å². The van der Waals surface area contributed by atoms with Crippen LogP contribution < -0.4 is 4.90 Å². The summed E-state index contributed by atoms with van der Waals surface area (Å²) in [6.07, 6.45) is 2.51. The van der Waals surface area contributed by atoms with Crippen LogP contribution in [0.1, 0.15) is 24.6 Å². The third-order valence-corrected chi connectivity index (χ3v) is 5.16. The summed E-state index contributed by atoms with van der Waals surface area (Å²) in [5.41, 5.74) is 0. The summed E-state index contributed by atoms with van der Waals surface area (Å²) >= 11 is 7.65. The maximum atomic E-state index is 11.2. The number of aromatic nitrogens is 2. The molecule has 1 fully saturated rings. The van der Waals surface area contributed by atoms with E-state index >= 15 is 0 Å². The highest BCUT2D eigenvalue weighted by atomic mass is 35.5. The Balaban J connectivity index is 2.02. The first kappa shape index (κ1) is 14.5. The summed E-state index contributed by atoms with van der Waals surface area (Å²) in [5, 5.41) is 10.4. The highest BCUT2D eigenvalue weighted by Gasteiger charge is 2.27. The van der Waals surface area contributed by atoms with Gasteiger partial charge in [0.05, 0.1) is 11.3 Å². The predicted molar refractivity (Wildman–Crippen MR) is 84.4 cm³/mol. The summed E-state index contributed by atoms with van der Waals surface area (Å²) in [6.45, 7) is 3.39. The first-order valence-electron chi connectivity index (χ1n) is 7.02. The molecule has 0 aliphatic carbocycles. The second kappa shape index (κ2) is 5.77. The molecule has 1 atom stereocenters. The Morgan fingerprint density at radius 3 is 3.10 bits per heavy atom. The Bertz CT molecular complexity index is 688. The summed E-state index contributed by atoms with van der Waals surface area (Å²) in [5.74, 6) is -0.311. The van der Waals surface area contributed by atoms with Gasteiger partial charge >= 0.3 is 5.97 Å². The number of nitrogens with zero attached hydrogens (tertiary/aromatic N) is 3. The second-order valence-corrected chi connectivity index (χ2v) is 6.68. The second-order valence-electron chi connectivity index (χ2n) is 5.22. The molecule has 7 heteroatoms. The van der Waals surface area contributed by atoms with E-state index in [9.17, 15) is 9.90 Å². The van der Waals surface area contributed by atoms with Crippen molar-refractivity contribution in [3.8, 4) is 0 Å². The van der Waals surface area contributed by atoms with Crippen molar-refractivity contribution in [1.29, 1.82) is 0 Å². The fraction of sp³-hybridized carbons (Fsp3) is 0.500. The van der Waals surface area contributed by atoms with Crippen LogP contribution in [-0.2, 0) is 11.2 Å². The first-order chi connectivity index (χ1) is 10.1. The Morgan fingerprint density at radius 2 is 2.38 bits per heavy atom. The molecular formula is C14H16ClN3O2S. The monoisotopic (exact) mass is 325 g/mol. The van der Waals surface area contributed by atoms with Crippen LogP contribution in [0.2, 0.25) is 5.28 Å². The van der Waals surface area contributed by atoms with Gasteiger partial charge in [-0.3, -0.25) is 4.79 Å². The number of piperidine rings is 1. The third-order valence-electron chi connectivity index (χ3n) is 3.81. The smallest absolute Gasteiger partial charge is 0.308 e. The SMILES string of the molecule is CCc1cc2c(N3CCCC(C(=O)O)C3)nc(Cl)nc2s1. The number of hydrogen-bond acceptors (Lipinski definition) is 5. The Labute approximate surface area is 131 Å². The molecular weight excluding hydrogens is 310 g/mol. The molecule has 1 N–H and O–H groups in total. The molecule has 2 aromatic heterocycles. The number of aryl methyl sites for hydroxylation is 1.